The quantitative estimate of drug-likeness (QED) is 0.603. The van der Waals surface area contributed by atoms with E-state index in [9.17, 15) is 19.1 Å². The maximum Gasteiger partial charge on any atom is 0.269 e. The number of methoxy groups -OCH3 is 1. The van der Waals surface area contributed by atoms with E-state index in [0.717, 1.165) is 6.07 Å². The second-order valence-electron chi connectivity index (χ2n) is 7.14. The smallest absolute Gasteiger partial charge is 0.269 e. The fourth-order valence-electron chi connectivity index (χ4n) is 3.14. The molecule has 30 heavy (non-hydrogen) atoms. The Morgan fingerprint density at radius 3 is 2.77 bits per heavy atom. The van der Waals surface area contributed by atoms with Crippen LogP contribution in [0.3, 0.4) is 0 Å². The van der Waals surface area contributed by atoms with Gasteiger partial charge in [-0.05, 0) is 19.9 Å². The standard InChI is InChI=1S/C20H21FN4O5/c1-10-16(18(23)27)24-19-12-6-11(4-5-20(2,28)9-29-3)13(21)7-14(12)30-15(17(22)26)8-25(10)19/h6-7,15,28H,8-9H2,1-3H3,(H2,22,26)(H2,23,27). The van der Waals surface area contributed by atoms with Gasteiger partial charge in [-0.2, -0.15) is 0 Å². The number of hydrogen-bond donors (Lipinski definition) is 3. The zero-order valence-corrected chi connectivity index (χ0v) is 16.7. The van der Waals surface area contributed by atoms with Crippen molar-refractivity contribution in [3.05, 3.63) is 34.9 Å². The van der Waals surface area contributed by atoms with Crippen molar-refractivity contribution in [1.82, 2.24) is 9.55 Å². The lowest BCUT2D eigenvalue weighted by molar-refractivity contribution is -0.125. The van der Waals surface area contributed by atoms with Crippen LogP contribution in [0, 0.1) is 24.6 Å². The lowest BCUT2D eigenvalue weighted by Gasteiger charge is -2.15. The Balaban J connectivity index is 2.21. The molecular weight excluding hydrogens is 395 g/mol. The molecule has 2 amide bonds. The molecule has 5 N–H and O–H groups in total. The van der Waals surface area contributed by atoms with Crippen molar-refractivity contribution >= 4 is 11.8 Å². The molecule has 9 nitrogen and oxygen atoms in total. The van der Waals surface area contributed by atoms with Crippen molar-refractivity contribution < 1.29 is 28.6 Å². The van der Waals surface area contributed by atoms with Crippen LogP contribution in [0.15, 0.2) is 12.1 Å². The van der Waals surface area contributed by atoms with Crippen LogP contribution in [-0.4, -0.2) is 51.9 Å². The summed E-state index contributed by atoms with van der Waals surface area (Å²) in [5.74, 6) is 3.17. The van der Waals surface area contributed by atoms with Crippen LogP contribution in [0.25, 0.3) is 11.4 Å². The van der Waals surface area contributed by atoms with Crippen molar-refractivity contribution in [2.45, 2.75) is 32.1 Å². The van der Waals surface area contributed by atoms with Crippen LogP contribution >= 0.6 is 0 Å². The highest BCUT2D eigenvalue weighted by atomic mass is 19.1. The first-order valence-corrected chi connectivity index (χ1v) is 8.95. The molecule has 0 spiro atoms. The van der Waals surface area contributed by atoms with Gasteiger partial charge in [0.05, 0.1) is 24.3 Å². The van der Waals surface area contributed by atoms with Gasteiger partial charge in [-0.3, -0.25) is 9.59 Å². The normalized spacial score (nSPS) is 16.8. The number of fused-ring (bicyclic) bond motifs is 3. The topological polar surface area (TPSA) is 143 Å². The number of hydrogen-bond acceptors (Lipinski definition) is 6. The van der Waals surface area contributed by atoms with Gasteiger partial charge in [0.15, 0.2) is 6.10 Å². The van der Waals surface area contributed by atoms with Gasteiger partial charge in [0.2, 0.25) is 0 Å². The highest BCUT2D eigenvalue weighted by Crippen LogP contribution is 2.36. The average Bonchev–Trinajstić information content (AvgIpc) is 2.87. The number of amides is 2. The van der Waals surface area contributed by atoms with Gasteiger partial charge in [-0.25, -0.2) is 9.37 Å². The molecule has 0 radical (unpaired) electrons. The molecule has 2 heterocycles. The first kappa shape index (κ1) is 21.3. The van der Waals surface area contributed by atoms with E-state index in [0.29, 0.717) is 11.3 Å². The van der Waals surface area contributed by atoms with E-state index < -0.39 is 29.3 Å². The Labute approximate surface area is 171 Å². The summed E-state index contributed by atoms with van der Waals surface area (Å²) < 4.78 is 26.8. The molecule has 2 atom stereocenters. The lowest BCUT2D eigenvalue weighted by atomic mass is 10.1. The third kappa shape index (κ3) is 3.98. The predicted octanol–water partition coefficient (Wildman–Crippen LogP) is 0.0917. The number of benzene rings is 1. The number of halogens is 1. The minimum absolute atomic E-state index is 0.0149. The molecule has 0 aliphatic carbocycles. The highest BCUT2D eigenvalue weighted by Gasteiger charge is 2.31. The maximum absolute atomic E-state index is 14.7. The molecule has 0 fully saturated rings. The molecule has 1 aliphatic rings. The van der Waals surface area contributed by atoms with E-state index in [1.54, 1.807) is 11.5 Å². The Kier molecular flexibility index (Phi) is 5.52. The molecule has 3 rings (SSSR count). The number of nitrogens with zero attached hydrogens (tertiary/aromatic N) is 2. The lowest BCUT2D eigenvalue weighted by Crippen LogP contribution is -2.37. The first-order chi connectivity index (χ1) is 14.0. The van der Waals surface area contributed by atoms with Crippen LogP contribution in [0.5, 0.6) is 5.75 Å². The number of aromatic nitrogens is 2. The fourth-order valence-corrected chi connectivity index (χ4v) is 3.14. The van der Waals surface area contributed by atoms with E-state index in [-0.39, 0.29) is 36.0 Å². The van der Waals surface area contributed by atoms with Gasteiger partial charge in [0, 0.05) is 18.9 Å². The maximum atomic E-state index is 14.7. The van der Waals surface area contributed by atoms with Gasteiger partial charge in [-0.15, -0.1) is 0 Å². The number of nitrogens with two attached hydrogens (primary N) is 2. The van der Waals surface area contributed by atoms with Gasteiger partial charge in [-0.1, -0.05) is 11.8 Å². The minimum Gasteiger partial charge on any atom is -0.478 e. The Bertz CT molecular complexity index is 1100. The second kappa shape index (κ2) is 7.78. The van der Waals surface area contributed by atoms with E-state index >= 15 is 0 Å². The molecule has 10 heteroatoms. The minimum atomic E-state index is -1.49. The number of imidazole rings is 1. The number of carbonyl (C=O) groups is 2. The molecule has 0 bridgehead atoms. The molecule has 0 saturated carbocycles. The van der Waals surface area contributed by atoms with Crippen molar-refractivity contribution in [1.29, 1.82) is 0 Å². The Morgan fingerprint density at radius 1 is 1.47 bits per heavy atom. The van der Waals surface area contributed by atoms with Crippen LogP contribution in [0.2, 0.25) is 0 Å². The second-order valence-corrected chi connectivity index (χ2v) is 7.14. The zero-order valence-electron chi connectivity index (χ0n) is 16.7. The largest absolute Gasteiger partial charge is 0.478 e. The van der Waals surface area contributed by atoms with Gasteiger partial charge >= 0.3 is 0 Å². The predicted molar refractivity (Wildman–Crippen MR) is 104 cm³/mol. The molecular formula is C20H21FN4O5. The molecule has 1 aromatic carbocycles. The summed E-state index contributed by atoms with van der Waals surface area (Å²) in [5, 5.41) is 10.1. The van der Waals surface area contributed by atoms with Crippen LogP contribution in [0.1, 0.15) is 28.7 Å². The summed E-state index contributed by atoms with van der Waals surface area (Å²) in [6.07, 6.45) is -1.11. The first-order valence-electron chi connectivity index (χ1n) is 8.95. The molecule has 0 saturated heterocycles. The van der Waals surface area contributed by atoms with Crippen molar-refractivity contribution in [3.63, 3.8) is 0 Å². The molecule has 1 aliphatic heterocycles. The summed E-state index contributed by atoms with van der Waals surface area (Å²) in [6, 6.07) is 2.43. The SMILES string of the molecule is COCC(C)(O)C#Cc1cc2c(cc1F)OC(C(N)=O)Cn1c-2nc(C(N)=O)c1C. The third-order valence-electron chi connectivity index (χ3n) is 4.59. The summed E-state index contributed by atoms with van der Waals surface area (Å²) in [4.78, 5) is 27.8. The third-order valence-corrected chi connectivity index (χ3v) is 4.59. The number of ether oxygens (including phenoxy) is 2. The summed E-state index contributed by atoms with van der Waals surface area (Å²) in [6.45, 7) is 2.95. The molecule has 2 unspecified atom stereocenters. The number of rotatable bonds is 4. The van der Waals surface area contributed by atoms with Crippen molar-refractivity contribution in [2.75, 3.05) is 13.7 Å². The van der Waals surface area contributed by atoms with E-state index in [2.05, 4.69) is 16.8 Å². The van der Waals surface area contributed by atoms with Gasteiger partial charge in [0.1, 0.15) is 28.7 Å². The van der Waals surface area contributed by atoms with Gasteiger partial charge in [0.25, 0.3) is 11.8 Å². The summed E-state index contributed by atoms with van der Waals surface area (Å²) >= 11 is 0. The number of aliphatic hydroxyl groups is 1. The van der Waals surface area contributed by atoms with Crippen molar-refractivity contribution in [2.24, 2.45) is 11.5 Å². The van der Waals surface area contributed by atoms with Crippen LogP contribution in [0.4, 0.5) is 4.39 Å². The van der Waals surface area contributed by atoms with Gasteiger partial charge < -0.3 is 30.6 Å². The monoisotopic (exact) mass is 416 g/mol. The fraction of sp³-hybridized carbons (Fsp3) is 0.350. The average molecular weight is 416 g/mol. The zero-order chi connectivity index (χ0) is 22.2. The molecule has 2 aromatic rings. The molecule has 1 aromatic heterocycles. The summed E-state index contributed by atoms with van der Waals surface area (Å²) in [7, 11) is 1.41. The summed E-state index contributed by atoms with van der Waals surface area (Å²) in [5.41, 5.74) is 10.0. The number of primary amides is 2. The van der Waals surface area contributed by atoms with Crippen LogP contribution in [-0.2, 0) is 16.1 Å². The molecule has 158 valence electrons. The van der Waals surface area contributed by atoms with E-state index in [4.69, 9.17) is 20.9 Å². The van der Waals surface area contributed by atoms with E-state index in [1.807, 2.05) is 0 Å². The van der Waals surface area contributed by atoms with E-state index in [1.165, 1.54) is 20.1 Å². The highest BCUT2D eigenvalue weighted by molar-refractivity contribution is 5.93. The Hall–Kier alpha value is -3.42. The number of carbonyl (C=O) groups excluding carboxylic acids is 2. The van der Waals surface area contributed by atoms with Crippen molar-refractivity contribution in [3.8, 4) is 29.0 Å². The van der Waals surface area contributed by atoms with Crippen LogP contribution < -0.4 is 16.2 Å². The Morgan fingerprint density at radius 2 is 2.17 bits per heavy atom.